The first-order valence-electron chi connectivity index (χ1n) is 14.0. The average Bonchev–Trinajstić information content (AvgIpc) is 2.86. The minimum Gasteiger partial charge on any atom is -0.493 e. The van der Waals surface area contributed by atoms with Gasteiger partial charge in [0.2, 0.25) is 8.32 Å². The van der Waals surface area contributed by atoms with E-state index in [0.29, 0.717) is 6.61 Å². The topological polar surface area (TPSA) is 36.9 Å². The maximum absolute atomic E-state index is 7.74. The van der Waals surface area contributed by atoms with E-state index < -0.39 is 25.3 Å². The van der Waals surface area contributed by atoms with Crippen LogP contribution in [0.1, 0.15) is 77.8 Å². The molecule has 4 nitrogen and oxygen atoms in total. The van der Waals surface area contributed by atoms with Crippen LogP contribution in [-0.4, -0.2) is 38.0 Å². The second-order valence-electron chi connectivity index (χ2n) is 12.7. The van der Waals surface area contributed by atoms with Gasteiger partial charge < -0.3 is 18.6 Å². The van der Waals surface area contributed by atoms with E-state index in [2.05, 4.69) is 101 Å². The van der Waals surface area contributed by atoms with E-state index in [9.17, 15) is 0 Å². The fourth-order valence-electron chi connectivity index (χ4n) is 6.44. The van der Waals surface area contributed by atoms with Crippen molar-refractivity contribution in [2.24, 2.45) is 0 Å². The molecular formula is C32H44O4Si. The minimum atomic E-state index is -2.55. The molecule has 2 aromatic carbocycles. The number of benzene rings is 2. The summed E-state index contributed by atoms with van der Waals surface area (Å²) < 4.78 is 27.4. The summed E-state index contributed by atoms with van der Waals surface area (Å²) in [6.07, 6.45) is 9.12. The van der Waals surface area contributed by atoms with Gasteiger partial charge in [-0.1, -0.05) is 87.9 Å². The Labute approximate surface area is 224 Å². The van der Waals surface area contributed by atoms with Crippen molar-refractivity contribution in [1.29, 1.82) is 0 Å². The van der Waals surface area contributed by atoms with Crippen LogP contribution in [-0.2, 0) is 30.7 Å². The molecule has 2 fully saturated rings. The van der Waals surface area contributed by atoms with Gasteiger partial charge in [0.25, 0.3) is 0 Å². The highest BCUT2D eigenvalue weighted by atomic mass is 28.4. The molecule has 5 rings (SSSR count). The predicted molar refractivity (Wildman–Crippen MR) is 151 cm³/mol. The highest BCUT2D eigenvalue weighted by molar-refractivity contribution is 6.75. The van der Waals surface area contributed by atoms with Gasteiger partial charge >= 0.3 is 0 Å². The molecule has 1 aliphatic carbocycles. The lowest BCUT2D eigenvalue weighted by Crippen LogP contribution is -2.72. The predicted octanol–water partition coefficient (Wildman–Crippen LogP) is 7.45. The lowest BCUT2D eigenvalue weighted by Gasteiger charge is -2.60. The molecule has 0 N–H and O–H groups in total. The highest BCUT2D eigenvalue weighted by Crippen LogP contribution is 2.52. The zero-order valence-electron chi connectivity index (χ0n) is 23.3. The number of rotatable bonds is 6. The molecular weight excluding hydrogens is 476 g/mol. The van der Waals surface area contributed by atoms with E-state index in [0.717, 1.165) is 37.8 Å². The minimum absolute atomic E-state index is 0.0343. The Morgan fingerprint density at radius 1 is 0.865 bits per heavy atom. The molecule has 3 aliphatic rings. The number of fused-ring (bicyclic) bond motifs is 1. The van der Waals surface area contributed by atoms with Gasteiger partial charge in [-0.2, -0.15) is 0 Å². The van der Waals surface area contributed by atoms with Gasteiger partial charge in [0.05, 0.1) is 12.9 Å². The molecule has 3 atom stereocenters. The molecule has 1 saturated carbocycles. The first-order chi connectivity index (χ1) is 17.6. The van der Waals surface area contributed by atoms with Gasteiger partial charge in [0.1, 0.15) is 11.2 Å². The van der Waals surface area contributed by atoms with E-state index in [1.54, 1.807) is 0 Å². The molecule has 1 spiro atoms. The summed E-state index contributed by atoms with van der Waals surface area (Å²) in [6, 6.07) is 23.6. The molecule has 0 amide bonds. The van der Waals surface area contributed by atoms with Crippen molar-refractivity contribution in [1.82, 2.24) is 0 Å². The third kappa shape index (κ3) is 5.08. The van der Waals surface area contributed by atoms with Gasteiger partial charge in [0.15, 0.2) is 11.9 Å². The molecule has 0 aromatic heterocycles. The van der Waals surface area contributed by atoms with E-state index >= 15 is 0 Å². The molecule has 200 valence electrons. The molecule has 2 aliphatic heterocycles. The van der Waals surface area contributed by atoms with Crippen molar-refractivity contribution < 1.29 is 18.6 Å². The van der Waals surface area contributed by atoms with Gasteiger partial charge in [0, 0.05) is 12.8 Å². The van der Waals surface area contributed by atoms with Crippen LogP contribution >= 0.6 is 0 Å². The third-order valence-corrected chi connectivity index (χ3v) is 14.7. The maximum atomic E-state index is 7.74. The summed E-state index contributed by atoms with van der Waals surface area (Å²) in [5.74, 6) is -0.534. The zero-order chi connectivity index (χ0) is 26.2. The van der Waals surface area contributed by atoms with Crippen molar-refractivity contribution >= 4 is 8.32 Å². The van der Waals surface area contributed by atoms with Crippen LogP contribution in [0.5, 0.6) is 0 Å². The van der Waals surface area contributed by atoms with Crippen molar-refractivity contribution in [2.75, 3.05) is 6.61 Å². The quantitative estimate of drug-likeness (QED) is 0.371. The summed E-state index contributed by atoms with van der Waals surface area (Å²) in [5.41, 5.74) is 1.34. The second-order valence-corrected chi connectivity index (χ2v) is 17.1. The monoisotopic (exact) mass is 520 g/mol. The lowest BCUT2D eigenvalue weighted by molar-refractivity contribution is -0.387. The van der Waals surface area contributed by atoms with E-state index in [1.807, 2.05) is 6.26 Å². The average molecular weight is 521 g/mol. The largest absolute Gasteiger partial charge is 0.493 e. The van der Waals surface area contributed by atoms with Crippen LogP contribution < -0.4 is 0 Å². The Balaban J connectivity index is 1.58. The molecule has 0 bridgehead atoms. The fourth-order valence-corrected chi connectivity index (χ4v) is 10.9. The van der Waals surface area contributed by atoms with Gasteiger partial charge in [-0.25, -0.2) is 0 Å². The molecule has 0 radical (unpaired) electrons. The Morgan fingerprint density at radius 2 is 1.43 bits per heavy atom. The van der Waals surface area contributed by atoms with Crippen LogP contribution in [0.15, 0.2) is 73.0 Å². The molecule has 5 heteroatoms. The zero-order valence-corrected chi connectivity index (χ0v) is 24.3. The molecule has 1 unspecified atom stereocenters. The van der Waals surface area contributed by atoms with E-state index in [4.69, 9.17) is 18.6 Å². The Hall–Kier alpha value is -1.92. The van der Waals surface area contributed by atoms with Crippen LogP contribution in [0, 0.1) is 0 Å². The summed E-state index contributed by atoms with van der Waals surface area (Å²) in [7, 11) is -2.55. The standard InChI is InChI=1S/C32H44O4Si/c1-29(2,3)37(24-26-15-9-6-10-16-26,25-27-17-11-7-12-18-27)36-30(4)21-22-33-28-23-34-32(35-31(28,30)5)19-13-8-14-20-32/h6-7,9-12,15-18,21-22,28H,8,13-14,19-20,23-25H2,1-5H3/t28?,30-,31-/m1/s1. The normalized spacial score (nSPS) is 29.5. The van der Waals surface area contributed by atoms with Crippen LogP contribution in [0.3, 0.4) is 0 Å². The van der Waals surface area contributed by atoms with E-state index in [1.165, 1.54) is 17.5 Å². The van der Waals surface area contributed by atoms with Crippen LogP contribution in [0.25, 0.3) is 0 Å². The first kappa shape index (κ1) is 26.7. The van der Waals surface area contributed by atoms with Crippen LogP contribution in [0.4, 0.5) is 0 Å². The maximum Gasteiger partial charge on any atom is 0.208 e. The van der Waals surface area contributed by atoms with Gasteiger partial charge in [-0.3, -0.25) is 0 Å². The van der Waals surface area contributed by atoms with Gasteiger partial charge in [-0.05, 0) is 61.0 Å². The second kappa shape index (κ2) is 9.99. The van der Waals surface area contributed by atoms with Crippen LogP contribution in [0.2, 0.25) is 5.04 Å². The number of ether oxygens (including phenoxy) is 3. The fraction of sp³-hybridized carbons (Fsp3) is 0.562. The lowest BCUT2D eigenvalue weighted by atomic mass is 9.77. The molecule has 37 heavy (non-hydrogen) atoms. The van der Waals surface area contributed by atoms with E-state index in [-0.39, 0.29) is 11.1 Å². The summed E-state index contributed by atoms with van der Waals surface area (Å²) >= 11 is 0. The Kier molecular flexibility index (Phi) is 7.21. The molecule has 1 saturated heterocycles. The summed E-state index contributed by atoms with van der Waals surface area (Å²) in [5, 5.41) is -0.0343. The highest BCUT2D eigenvalue weighted by Gasteiger charge is 2.64. The van der Waals surface area contributed by atoms with Crippen molar-refractivity contribution in [2.45, 2.75) is 107 Å². The number of hydrogen-bond acceptors (Lipinski definition) is 4. The third-order valence-electron chi connectivity index (χ3n) is 9.18. The molecule has 2 aromatic rings. The smallest absolute Gasteiger partial charge is 0.208 e. The van der Waals surface area contributed by atoms with Gasteiger partial charge in [-0.15, -0.1) is 0 Å². The molecule has 2 heterocycles. The Morgan fingerprint density at radius 3 is 1.97 bits per heavy atom. The van der Waals surface area contributed by atoms with Crippen molar-refractivity contribution in [3.63, 3.8) is 0 Å². The summed E-state index contributed by atoms with van der Waals surface area (Å²) in [4.78, 5) is 0. The van der Waals surface area contributed by atoms with Crippen molar-refractivity contribution in [3.05, 3.63) is 84.1 Å². The summed E-state index contributed by atoms with van der Waals surface area (Å²) in [6.45, 7) is 12.1. The Bertz CT molecular complexity index is 1030. The first-order valence-corrected chi connectivity index (χ1v) is 16.4. The SMILES string of the molecule is CC(C)(C)[Si](Cc1ccccc1)(Cc1ccccc1)O[C@]1(C)C=COC2COC3(CCCCC3)O[C@]21C. The number of hydrogen-bond donors (Lipinski definition) is 0. The van der Waals surface area contributed by atoms with Crippen molar-refractivity contribution in [3.8, 4) is 0 Å².